The molecule has 0 amide bonds. The molecule has 48 valence electrons. The first-order valence-corrected chi connectivity index (χ1v) is 2.42. The van der Waals surface area contributed by atoms with Gasteiger partial charge >= 0.3 is 0 Å². The van der Waals surface area contributed by atoms with Gasteiger partial charge in [-0.15, -0.1) is 0 Å². The maximum Gasteiger partial charge on any atom is 0.119 e. The molecule has 0 aliphatic carbocycles. The summed E-state index contributed by atoms with van der Waals surface area (Å²) in [4.78, 5) is 10.0. The van der Waals surface area contributed by atoms with E-state index in [1.807, 2.05) is 0 Å². The first-order chi connectivity index (χ1) is 5.37. The van der Waals surface area contributed by atoms with Crippen LogP contribution >= 0.6 is 0 Å². The Hall–Kier alpha value is -0.370. The average molecular weight is 120 g/mol. The molecule has 0 bridgehead atoms. The molecule has 0 rings (SSSR count). The van der Waals surface area contributed by atoms with Crippen molar-refractivity contribution in [1.29, 1.82) is 0 Å². The number of aldehydes is 1. The highest BCUT2D eigenvalue weighted by Crippen LogP contribution is 1.95. The molecule has 0 atom stereocenters. The SMILES string of the molecule is [2H]C([2H])(CC=O)C([2H])([2H])CCO. The highest BCUT2D eigenvalue weighted by molar-refractivity contribution is 5.48. The van der Waals surface area contributed by atoms with E-state index in [1.165, 1.54) is 0 Å². The first kappa shape index (κ1) is 2.97. The number of hydrogen-bond donors (Lipinski definition) is 1. The maximum absolute atomic E-state index is 10.0. The molecule has 0 unspecified atom stereocenters. The summed E-state index contributed by atoms with van der Waals surface area (Å²) >= 11 is 0. The van der Waals surface area contributed by atoms with E-state index in [0.717, 1.165) is 0 Å². The summed E-state index contributed by atoms with van der Waals surface area (Å²) in [6, 6.07) is 0. The van der Waals surface area contributed by atoms with Crippen LogP contribution in [-0.2, 0) is 4.79 Å². The van der Waals surface area contributed by atoms with Crippen molar-refractivity contribution in [1.82, 2.24) is 0 Å². The van der Waals surface area contributed by atoms with Crippen LogP contribution in [0.4, 0.5) is 0 Å². The lowest BCUT2D eigenvalue weighted by atomic mass is 10.2. The quantitative estimate of drug-likeness (QED) is 0.543. The molecule has 2 nitrogen and oxygen atoms in total. The van der Waals surface area contributed by atoms with Gasteiger partial charge in [0, 0.05) is 18.5 Å². The van der Waals surface area contributed by atoms with E-state index >= 15 is 0 Å². The molecule has 0 saturated heterocycles. The molecule has 2 heteroatoms. The standard InChI is InChI=1S/C6H12O2/c7-5-3-1-2-4-6-8/h5,8H,1-4,6H2/i1D2,2D2. The predicted molar refractivity (Wildman–Crippen MR) is 31.6 cm³/mol. The van der Waals surface area contributed by atoms with Crippen LogP contribution in [-0.4, -0.2) is 18.0 Å². The van der Waals surface area contributed by atoms with Gasteiger partial charge in [-0.25, -0.2) is 0 Å². The van der Waals surface area contributed by atoms with Crippen LogP contribution in [0.25, 0.3) is 0 Å². The molecule has 8 heavy (non-hydrogen) atoms. The Morgan fingerprint density at radius 1 is 1.62 bits per heavy atom. The summed E-state index contributed by atoms with van der Waals surface area (Å²) in [5.74, 6) is 0. The molecule has 0 aromatic heterocycles. The molecular formula is C6H12O2. The number of carbonyl (C=O) groups is 1. The molecule has 0 aromatic carbocycles. The van der Waals surface area contributed by atoms with Crippen molar-refractivity contribution < 1.29 is 15.4 Å². The fourth-order valence-corrected chi connectivity index (χ4v) is 0.258. The molecule has 0 radical (unpaired) electrons. The fraction of sp³-hybridized carbons (Fsp3) is 0.833. The van der Waals surface area contributed by atoms with Gasteiger partial charge < -0.3 is 9.90 Å². The summed E-state index contributed by atoms with van der Waals surface area (Å²) in [5, 5.41) is 8.44. The van der Waals surface area contributed by atoms with Crippen molar-refractivity contribution in [3.63, 3.8) is 0 Å². The van der Waals surface area contributed by atoms with Crippen molar-refractivity contribution in [2.45, 2.75) is 25.6 Å². The molecule has 0 spiro atoms. The molecule has 1 N–H and O–H groups in total. The van der Waals surface area contributed by atoms with Gasteiger partial charge in [-0.05, 0) is 12.8 Å². The second kappa shape index (κ2) is 6.63. The average Bonchev–Trinajstić information content (AvgIpc) is 1.86. The minimum Gasteiger partial charge on any atom is -0.396 e. The van der Waals surface area contributed by atoms with Crippen LogP contribution in [0.1, 0.15) is 31.1 Å². The van der Waals surface area contributed by atoms with Crippen molar-refractivity contribution in [3.8, 4) is 0 Å². The van der Waals surface area contributed by atoms with Crippen molar-refractivity contribution in [2.75, 3.05) is 6.61 Å². The van der Waals surface area contributed by atoms with Crippen LogP contribution in [0.3, 0.4) is 0 Å². The number of rotatable bonds is 5. The normalized spacial score (nSPS) is 20.1. The fourth-order valence-electron chi connectivity index (χ4n) is 0.258. The Labute approximate surface area is 55.1 Å². The van der Waals surface area contributed by atoms with E-state index < -0.39 is 25.8 Å². The third-order valence-corrected chi connectivity index (χ3v) is 0.547. The van der Waals surface area contributed by atoms with Crippen molar-refractivity contribution >= 4 is 6.29 Å². The third kappa shape index (κ3) is 5.63. The maximum atomic E-state index is 10.0. The molecule has 0 heterocycles. The van der Waals surface area contributed by atoms with E-state index in [9.17, 15) is 4.79 Å². The van der Waals surface area contributed by atoms with Crippen LogP contribution in [0.2, 0.25) is 0 Å². The topological polar surface area (TPSA) is 37.3 Å². The molecule has 0 aliphatic heterocycles. The van der Waals surface area contributed by atoms with Crippen LogP contribution < -0.4 is 0 Å². The van der Waals surface area contributed by atoms with Crippen molar-refractivity contribution in [3.05, 3.63) is 0 Å². The molecule has 0 saturated carbocycles. The number of carbonyl (C=O) groups excluding carboxylic acids is 1. The van der Waals surface area contributed by atoms with E-state index in [0.29, 0.717) is 6.29 Å². The van der Waals surface area contributed by atoms with E-state index in [1.54, 1.807) is 0 Å². The lowest BCUT2D eigenvalue weighted by Crippen LogP contribution is -1.82. The van der Waals surface area contributed by atoms with Gasteiger partial charge in [0.2, 0.25) is 0 Å². The Morgan fingerprint density at radius 2 is 2.38 bits per heavy atom. The Balaban J connectivity index is 4.38. The summed E-state index contributed by atoms with van der Waals surface area (Å²) in [6.45, 7) is -0.425. The molecule has 0 fully saturated rings. The molecule has 0 aromatic rings. The number of aliphatic hydroxyl groups is 1. The zero-order valence-corrected chi connectivity index (χ0v) is 4.55. The Morgan fingerprint density at radius 3 is 2.88 bits per heavy atom. The smallest absolute Gasteiger partial charge is 0.119 e. The summed E-state index contributed by atoms with van der Waals surface area (Å²) in [5.41, 5.74) is 0. The minimum absolute atomic E-state index is 0.298. The number of hydrogen-bond acceptors (Lipinski definition) is 2. The van der Waals surface area contributed by atoms with Gasteiger partial charge in [-0.2, -0.15) is 0 Å². The van der Waals surface area contributed by atoms with Crippen LogP contribution in [0.15, 0.2) is 0 Å². The van der Waals surface area contributed by atoms with E-state index in [-0.39, 0.29) is 6.42 Å². The lowest BCUT2D eigenvalue weighted by molar-refractivity contribution is -0.107. The minimum atomic E-state index is -2.20. The van der Waals surface area contributed by atoms with Gasteiger partial charge in [0.15, 0.2) is 0 Å². The van der Waals surface area contributed by atoms with Gasteiger partial charge in [0.25, 0.3) is 0 Å². The lowest BCUT2D eigenvalue weighted by Gasteiger charge is -1.90. The van der Waals surface area contributed by atoms with Gasteiger partial charge in [0.05, 0.1) is 0 Å². The Kier molecular flexibility index (Phi) is 2.46. The highest BCUT2D eigenvalue weighted by Gasteiger charge is 1.84. The van der Waals surface area contributed by atoms with E-state index in [4.69, 9.17) is 10.6 Å². The highest BCUT2D eigenvalue weighted by atomic mass is 16.2. The largest absolute Gasteiger partial charge is 0.396 e. The zero-order chi connectivity index (χ0) is 9.83. The second-order valence-electron chi connectivity index (χ2n) is 1.20. The number of aliphatic hydroxyl groups excluding tert-OH is 1. The van der Waals surface area contributed by atoms with E-state index in [2.05, 4.69) is 0 Å². The first-order valence-electron chi connectivity index (χ1n) is 4.42. The van der Waals surface area contributed by atoms with Crippen molar-refractivity contribution in [2.24, 2.45) is 0 Å². The summed E-state index contributed by atoms with van der Waals surface area (Å²) in [7, 11) is 0. The monoisotopic (exact) mass is 120 g/mol. The van der Waals surface area contributed by atoms with Crippen LogP contribution in [0.5, 0.6) is 0 Å². The molecule has 0 aliphatic rings. The Bertz CT molecular complexity index is 158. The molecular weight excluding hydrogens is 104 g/mol. The van der Waals surface area contributed by atoms with Gasteiger partial charge in [0.1, 0.15) is 6.29 Å². The predicted octanol–water partition coefficient (Wildman–Crippen LogP) is 0.738. The summed E-state index contributed by atoms with van der Waals surface area (Å²) < 4.78 is 28.8. The third-order valence-electron chi connectivity index (χ3n) is 0.547. The zero-order valence-electron chi connectivity index (χ0n) is 8.55. The van der Waals surface area contributed by atoms with Gasteiger partial charge in [-0.1, -0.05) is 6.37 Å². The summed E-state index contributed by atoms with van der Waals surface area (Å²) in [6.07, 6.45) is -4.79. The second-order valence-corrected chi connectivity index (χ2v) is 1.20. The van der Waals surface area contributed by atoms with Gasteiger partial charge in [-0.3, -0.25) is 0 Å². The van der Waals surface area contributed by atoms with Crippen LogP contribution in [0, 0.1) is 0 Å².